The first-order chi connectivity index (χ1) is 10.1. The van der Waals surface area contributed by atoms with Gasteiger partial charge in [0.25, 0.3) is 0 Å². The molecule has 4 nitrogen and oxygen atoms in total. The number of benzene rings is 1. The van der Waals surface area contributed by atoms with Crippen molar-refractivity contribution in [3.63, 3.8) is 0 Å². The third-order valence-corrected chi connectivity index (χ3v) is 3.69. The zero-order valence-electron chi connectivity index (χ0n) is 13.0. The number of aliphatic hydroxyl groups is 1. The summed E-state index contributed by atoms with van der Waals surface area (Å²) in [6.07, 6.45) is 1.06. The maximum absolute atomic E-state index is 13.5. The van der Waals surface area contributed by atoms with Crippen LogP contribution in [0.3, 0.4) is 0 Å². The van der Waals surface area contributed by atoms with E-state index in [9.17, 15) is 18.7 Å². The van der Waals surface area contributed by atoms with Gasteiger partial charge in [-0.25, -0.2) is 13.6 Å². The number of halogens is 2. The number of ether oxygens (including phenoxy) is 1. The summed E-state index contributed by atoms with van der Waals surface area (Å²) in [6, 6.07) is 2.49. The van der Waals surface area contributed by atoms with Crippen LogP contribution in [0.15, 0.2) is 18.2 Å². The summed E-state index contributed by atoms with van der Waals surface area (Å²) >= 11 is 0. The lowest BCUT2D eigenvalue weighted by atomic mass is 9.72. The van der Waals surface area contributed by atoms with E-state index in [2.05, 4.69) is 5.32 Å². The Morgan fingerprint density at radius 3 is 2.41 bits per heavy atom. The molecule has 0 heterocycles. The van der Waals surface area contributed by atoms with Gasteiger partial charge in [0.2, 0.25) is 0 Å². The van der Waals surface area contributed by atoms with E-state index >= 15 is 0 Å². The number of rotatable bonds is 3. The predicted octanol–water partition coefficient (Wildman–Crippen LogP) is 3.45. The molecule has 1 aliphatic rings. The third-order valence-electron chi connectivity index (χ3n) is 3.69. The fraction of sp³-hybridized carbons (Fsp3) is 0.562. The molecule has 1 amide bonds. The highest BCUT2D eigenvalue weighted by Gasteiger charge is 2.44. The van der Waals surface area contributed by atoms with Crippen molar-refractivity contribution < 1.29 is 23.4 Å². The molecular formula is C16H21F2NO3. The summed E-state index contributed by atoms with van der Waals surface area (Å²) in [5.74, 6) is -1.99. The summed E-state index contributed by atoms with van der Waals surface area (Å²) in [5, 5.41) is 13.1. The van der Waals surface area contributed by atoms with Gasteiger partial charge in [-0.1, -0.05) is 6.07 Å². The third kappa shape index (κ3) is 3.74. The van der Waals surface area contributed by atoms with Crippen LogP contribution in [-0.4, -0.2) is 22.4 Å². The molecule has 1 aromatic rings. The second-order valence-electron chi connectivity index (χ2n) is 6.71. The van der Waals surface area contributed by atoms with Crippen molar-refractivity contribution in [3.8, 4) is 0 Å². The lowest BCUT2D eigenvalue weighted by molar-refractivity contribution is -0.0678. The van der Waals surface area contributed by atoms with Crippen LogP contribution in [0.4, 0.5) is 13.6 Å². The van der Waals surface area contributed by atoms with Gasteiger partial charge in [0.15, 0.2) is 11.6 Å². The summed E-state index contributed by atoms with van der Waals surface area (Å²) in [6.45, 7) is 5.16. The van der Waals surface area contributed by atoms with Crippen LogP contribution >= 0.6 is 0 Å². The van der Waals surface area contributed by atoms with Gasteiger partial charge >= 0.3 is 6.09 Å². The molecule has 0 bridgehead atoms. The molecule has 1 saturated carbocycles. The van der Waals surface area contributed by atoms with Gasteiger partial charge in [-0.3, -0.25) is 0 Å². The normalized spacial score (nSPS) is 18.3. The van der Waals surface area contributed by atoms with E-state index in [1.165, 1.54) is 6.07 Å². The molecule has 0 saturated heterocycles. The first-order valence-corrected chi connectivity index (χ1v) is 7.28. The van der Waals surface area contributed by atoms with E-state index in [0.29, 0.717) is 18.4 Å². The zero-order valence-corrected chi connectivity index (χ0v) is 13.0. The molecule has 22 heavy (non-hydrogen) atoms. The fourth-order valence-corrected chi connectivity index (χ4v) is 2.47. The van der Waals surface area contributed by atoms with Crippen LogP contribution in [0.5, 0.6) is 0 Å². The van der Waals surface area contributed by atoms with E-state index in [4.69, 9.17) is 4.74 Å². The quantitative estimate of drug-likeness (QED) is 0.898. The molecular weight excluding hydrogens is 292 g/mol. The molecule has 1 unspecified atom stereocenters. The minimum absolute atomic E-state index is 0.312. The Kier molecular flexibility index (Phi) is 4.42. The number of nitrogens with one attached hydrogen (secondary N) is 1. The van der Waals surface area contributed by atoms with Crippen LogP contribution in [0, 0.1) is 11.6 Å². The van der Waals surface area contributed by atoms with E-state index in [1.54, 1.807) is 20.8 Å². The molecule has 0 spiro atoms. The van der Waals surface area contributed by atoms with Crippen molar-refractivity contribution in [1.29, 1.82) is 0 Å². The van der Waals surface area contributed by atoms with Gasteiger partial charge in [-0.15, -0.1) is 0 Å². The highest BCUT2D eigenvalue weighted by atomic mass is 19.2. The molecule has 1 aromatic carbocycles. The van der Waals surface area contributed by atoms with Crippen LogP contribution in [0.2, 0.25) is 0 Å². The lowest BCUT2D eigenvalue weighted by Crippen LogP contribution is -2.51. The standard InChI is InChI=1S/C16H21F2NO3/c1-15(2,3)22-14(20)19-13(16(21)7-4-8-16)10-5-6-11(17)12(18)9-10/h5-6,9,13,21H,4,7-8H2,1-3H3,(H,19,20). The van der Waals surface area contributed by atoms with Crippen molar-refractivity contribution in [2.45, 2.75) is 57.3 Å². The van der Waals surface area contributed by atoms with Gasteiger partial charge in [-0.2, -0.15) is 0 Å². The highest BCUT2D eigenvalue weighted by Crippen LogP contribution is 2.42. The van der Waals surface area contributed by atoms with Gasteiger partial charge < -0.3 is 15.2 Å². The number of carbonyl (C=O) groups is 1. The first kappa shape index (κ1) is 16.7. The summed E-state index contributed by atoms with van der Waals surface area (Å²) in [5.41, 5.74) is -1.54. The van der Waals surface area contributed by atoms with E-state index < -0.39 is 35.0 Å². The molecule has 2 N–H and O–H groups in total. The number of hydrogen-bond donors (Lipinski definition) is 2. The van der Waals surface area contributed by atoms with Crippen LogP contribution in [-0.2, 0) is 4.74 Å². The second kappa shape index (κ2) is 5.83. The average molecular weight is 313 g/mol. The number of hydrogen-bond acceptors (Lipinski definition) is 3. The Hall–Kier alpha value is -1.69. The zero-order chi connectivity index (χ0) is 16.5. The molecule has 6 heteroatoms. The molecule has 1 aliphatic carbocycles. The van der Waals surface area contributed by atoms with E-state index in [1.807, 2.05) is 0 Å². The SMILES string of the molecule is CC(C)(C)OC(=O)NC(c1ccc(F)c(F)c1)C1(O)CCC1. The highest BCUT2D eigenvalue weighted by molar-refractivity contribution is 5.68. The Labute approximate surface area is 128 Å². The molecule has 1 fully saturated rings. The smallest absolute Gasteiger partial charge is 0.408 e. The Balaban J connectivity index is 2.24. The number of amides is 1. The molecule has 0 radical (unpaired) electrons. The first-order valence-electron chi connectivity index (χ1n) is 7.28. The van der Waals surface area contributed by atoms with Crippen molar-refractivity contribution in [1.82, 2.24) is 5.32 Å². The predicted molar refractivity (Wildman–Crippen MR) is 77.3 cm³/mol. The Bertz CT molecular complexity index is 565. The van der Waals surface area contributed by atoms with Gasteiger partial charge in [0.1, 0.15) is 5.60 Å². The average Bonchev–Trinajstić information content (AvgIpc) is 2.34. The molecule has 0 aliphatic heterocycles. The van der Waals surface area contributed by atoms with Crippen molar-refractivity contribution in [2.75, 3.05) is 0 Å². The van der Waals surface area contributed by atoms with Crippen LogP contribution in [0.25, 0.3) is 0 Å². The van der Waals surface area contributed by atoms with E-state index in [-0.39, 0.29) is 0 Å². The molecule has 0 aromatic heterocycles. The minimum atomic E-state index is -1.17. The van der Waals surface area contributed by atoms with Gasteiger partial charge in [0.05, 0.1) is 11.6 Å². The van der Waals surface area contributed by atoms with Crippen LogP contribution < -0.4 is 5.32 Å². The minimum Gasteiger partial charge on any atom is -0.444 e. The summed E-state index contributed by atoms with van der Waals surface area (Å²) < 4.78 is 31.7. The Morgan fingerprint density at radius 2 is 1.95 bits per heavy atom. The van der Waals surface area contributed by atoms with Gasteiger partial charge in [0, 0.05) is 0 Å². The van der Waals surface area contributed by atoms with E-state index in [0.717, 1.165) is 18.6 Å². The molecule has 1 atom stereocenters. The van der Waals surface area contributed by atoms with Crippen molar-refractivity contribution in [2.24, 2.45) is 0 Å². The maximum atomic E-state index is 13.5. The maximum Gasteiger partial charge on any atom is 0.408 e. The Morgan fingerprint density at radius 1 is 1.32 bits per heavy atom. The number of carbonyl (C=O) groups excluding carboxylic acids is 1. The fourth-order valence-electron chi connectivity index (χ4n) is 2.47. The van der Waals surface area contributed by atoms with Crippen LogP contribution in [0.1, 0.15) is 51.6 Å². The van der Waals surface area contributed by atoms with Crippen molar-refractivity contribution >= 4 is 6.09 Å². The summed E-state index contributed by atoms with van der Waals surface area (Å²) in [7, 11) is 0. The van der Waals surface area contributed by atoms with Gasteiger partial charge in [-0.05, 0) is 57.7 Å². The lowest BCUT2D eigenvalue weighted by Gasteiger charge is -2.43. The largest absolute Gasteiger partial charge is 0.444 e. The summed E-state index contributed by atoms with van der Waals surface area (Å²) in [4.78, 5) is 12.0. The topological polar surface area (TPSA) is 58.6 Å². The number of alkyl carbamates (subject to hydrolysis) is 1. The van der Waals surface area contributed by atoms with Crippen molar-refractivity contribution in [3.05, 3.63) is 35.4 Å². The monoisotopic (exact) mass is 313 g/mol. The molecule has 122 valence electrons. The second-order valence-corrected chi connectivity index (χ2v) is 6.71. The molecule has 2 rings (SSSR count).